The third kappa shape index (κ3) is 7.40. The van der Waals surface area contributed by atoms with Gasteiger partial charge in [0, 0.05) is 23.1 Å². The average Bonchev–Trinajstić information content (AvgIpc) is 2.74. The first-order valence-electron chi connectivity index (χ1n) is 10.3. The van der Waals surface area contributed by atoms with E-state index in [1.807, 2.05) is 13.8 Å². The highest BCUT2D eigenvalue weighted by Crippen LogP contribution is 2.24. The van der Waals surface area contributed by atoms with Crippen molar-refractivity contribution in [1.29, 1.82) is 0 Å². The van der Waals surface area contributed by atoms with Crippen molar-refractivity contribution in [1.82, 2.24) is 10.2 Å². The van der Waals surface area contributed by atoms with Gasteiger partial charge in [-0.2, -0.15) is 0 Å². The number of para-hydroxylation sites is 1. The lowest BCUT2D eigenvalue weighted by Crippen LogP contribution is -2.50. The number of unbranched alkanes of at least 4 members (excludes halogenated alkanes) is 1. The summed E-state index contributed by atoms with van der Waals surface area (Å²) in [5.74, 6) is -1.29. The molecule has 0 aliphatic rings. The molecular formula is C23H27Cl2FN2O3. The molecule has 0 saturated carbocycles. The van der Waals surface area contributed by atoms with Gasteiger partial charge in [-0.05, 0) is 42.7 Å². The number of ether oxygens (including phenoxy) is 1. The predicted octanol–water partition coefficient (Wildman–Crippen LogP) is 5.24. The van der Waals surface area contributed by atoms with Crippen LogP contribution in [0.25, 0.3) is 0 Å². The van der Waals surface area contributed by atoms with Gasteiger partial charge in [-0.15, -0.1) is 0 Å². The third-order valence-electron chi connectivity index (χ3n) is 4.76. The number of hydrogen-bond donors (Lipinski definition) is 1. The van der Waals surface area contributed by atoms with Gasteiger partial charge in [0.05, 0.1) is 0 Å². The maximum Gasteiger partial charge on any atom is 0.261 e. The average molecular weight is 469 g/mol. The van der Waals surface area contributed by atoms with E-state index in [2.05, 4.69) is 5.32 Å². The SMILES string of the molecule is CCCCNC(=O)C(CC)N(Cc1ccc(Cl)cc1Cl)C(=O)COc1ccccc1F. The molecule has 1 atom stereocenters. The van der Waals surface area contributed by atoms with Crippen molar-refractivity contribution in [2.45, 2.75) is 45.7 Å². The zero-order valence-corrected chi connectivity index (χ0v) is 19.2. The summed E-state index contributed by atoms with van der Waals surface area (Å²) in [5.41, 5.74) is 0.644. The van der Waals surface area contributed by atoms with Crippen LogP contribution in [0.1, 0.15) is 38.7 Å². The number of halogens is 3. The standard InChI is InChI=1S/C23H27Cl2FN2O3/c1-3-5-12-27-23(30)20(4-2)28(14-16-10-11-17(24)13-18(16)25)22(29)15-31-21-9-7-6-8-19(21)26/h6-11,13,20H,3-5,12,14-15H2,1-2H3,(H,27,30). The van der Waals surface area contributed by atoms with Crippen LogP contribution >= 0.6 is 23.2 Å². The van der Waals surface area contributed by atoms with Gasteiger partial charge in [0.2, 0.25) is 5.91 Å². The Kier molecular flexibility index (Phi) is 10.1. The molecule has 31 heavy (non-hydrogen) atoms. The summed E-state index contributed by atoms with van der Waals surface area (Å²) in [6, 6.07) is 10.1. The van der Waals surface area contributed by atoms with Crippen molar-refractivity contribution in [2.75, 3.05) is 13.2 Å². The van der Waals surface area contributed by atoms with E-state index in [4.69, 9.17) is 27.9 Å². The van der Waals surface area contributed by atoms with Gasteiger partial charge in [-0.1, -0.05) is 61.7 Å². The molecule has 2 amide bonds. The number of nitrogens with one attached hydrogen (secondary N) is 1. The van der Waals surface area contributed by atoms with E-state index in [9.17, 15) is 14.0 Å². The van der Waals surface area contributed by atoms with E-state index in [0.29, 0.717) is 28.6 Å². The van der Waals surface area contributed by atoms with Crippen molar-refractivity contribution >= 4 is 35.0 Å². The maximum absolute atomic E-state index is 13.9. The Labute approximate surface area is 192 Å². The van der Waals surface area contributed by atoms with E-state index in [1.54, 1.807) is 24.3 Å². The van der Waals surface area contributed by atoms with E-state index in [-0.39, 0.29) is 18.2 Å². The number of carbonyl (C=O) groups excluding carboxylic acids is 2. The zero-order chi connectivity index (χ0) is 22.8. The fourth-order valence-corrected chi connectivity index (χ4v) is 3.51. The minimum atomic E-state index is -0.722. The largest absolute Gasteiger partial charge is 0.481 e. The third-order valence-corrected chi connectivity index (χ3v) is 5.35. The minimum Gasteiger partial charge on any atom is -0.481 e. The van der Waals surface area contributed by atoms with E-state index in [0.717, 1.165) is 12.8 Å². The summed E-state index contributed by atoms with van der Waals surface area (Å²) in [5, 5.41) is 3.74. The molecule has 8 heteroatoms. The van der Waals surface area contributed by atoms with Crippen LogP contribution in [0.15, 0.2) is 42.5 Å². The Morgan fingerprint density at radius 2 is 1.90 bits per heavy atom. The molecule has 2 rings (SSSR count). The first kappa shape index (κ1) is 25.0. The number of carbonyl (C=O) groups is 2. The molecule has 5 nitrogen and oxygen atoms in total. The summed E-state index contributed by atoms with van der Waals surface area (Å²) < 4.78 is 19.2. The van der Waals surface area contributed by atoms with E-state index in [1.165, 1.54) is 23.1 Å². The number of rotatable bonds is 11. The number of benzene rings is 2. The molecule has 1 unspecified atom stereocenters. The second kappa shape index (κ2) is 12.5. The van der Waals surface area contributed by atoms with Gasteiger partial charge < -0.3 is 15.0 Å². The van der Waals surface area contributed by atoms with Crippen molar-refractivity contribution in [2.24, 2.45) is 0 Å². The van der Waals surface area contributed by atoms with Gasteiger partial charge >= 0.3 is 0 Å². The highest BCUT2D eigenvalue weighted by molar-refractivity contribution is 6.35. The molecule has 0 fully saturated rings. The fraction of sp³-hybridized carbons (Fsp3) is 0.391. The van der Waals surface area contributed by atoms with Gasteiger partial charge in [0.15, 0.2) is 18.2 Å². The van der Waals surface area contributed by atoms with Crippen LogP contribution in [0.3, 0.4) is 0 Å². The number of nitrogens with zero attached hydrogens (tertiary/aromatic N) is 1. The lowest BCUT2D eigenvalue weighted by atomic mass is 10.1. The lowest BCUT2D eigenvalue weighted by Gasteiger charge is -2.31. The number of amides is 2. The summed E-state index contributed by atoms with van der Waals surface area (Å²) in [6.45, 7) is 4.06. The van der Waals surface area contributed by atoms with E-state index < -0.39 is 24.4 Å². The van der Waals surface area contributed by atoms with Crippen molar-refractivity contribution < 1.29 is 18.7 Å². The highest BCUT2D eigenvalue weighted by Gasteiger charge is 2.29. The van der Waals surface area contributed by atoms with Gasteiger partial charge in [0.25, 0.3) is 5.91 Å². The summed E-state index contributed by atoms with van der Waals surface area (Å²) in [6.07, 6.45) is 2.18. The summed E-state index contributed by atoms with van der Waals surface area (Å²) in [7, 11) is 0. The summed E-state index contributed by atoms with van der Waals surface area (Å²) >= 11 is 12.3. The molecular weight excluding hydrogens is 442 g/mol. The van der Waals surface area contributed by atoms with Crippen LogP contribution in [-0.2, 0) is 16.1 Å². The van der Waals surface area contributed by atoms with Crippen LogP contribution in [0.4, 0.5) is 4.39 Å². The van der Waals surface area contributed by atoms with Crippen LogP contribution < -0.4 is 10.1 Å². The second-order valence-corrected chi connectivity index (χ2v) is 7.89. The Balaban J connectivity index is 2.23. The Bertz CT molecular complexity index is 895. The van der Waals surface area contributed by atoms with Crippen LogP contribution in [-0.4, -0.2) is 35.9 Å². The van der Waals surface area contributed by atoms with Crippen molar-refractivity contribution in [3.05, 3.63) is 63.9 Å². The minimum absolute atomic E-state index is 0.0271. The molecule has 1 N–H and O–H groups in total. The number of hydrogen-bond acceptors (Lipinski definition) is 3. The fourth-order valence-electron chi connectivity index (χ4n) is 3.04. The predicted molar refractivity (Wildman–Crippen MR) is 121 cm³/mol. The summed E-state index contributed by atoms with van der Waals surface area (Å²) in [4.78, 5) is 27.3. The molecule has 168 valence electrons. The monoisotopic (exact) mass is 468 g/mol. The van der Waals surface area contributed by atoms with Crippen LogP contribution in [0, 0.1) is 5.82 Å². The molecule has 0 bridgehead atoms. The molecule has 0 aliphatic heterocycles. The van der Waals surface area contributed by atoms with Gasteiger partial charge in [-0.3, -0.25) is 9.59 Å². The first-order chi connectivity index (χ1) is 14.9. The molecule has 0 radical (unpaired) electrons. The topological polar surface area (TPSA) is 58.6 Å². The smallest absolute Gasteiger partial charge is 0.261 e. The molecule has 0 aliphatic carbocycles. The molecule has 2 aromatic carbocycles. The Hall–Kier alpha value is -2.31. The normalized spacial score (nSPS) is 11.6. The van der Waals surface area contributed by atoms with Crippen LogP contribution in [0.2, 0.25) is 10.0 Å². The molecule has 2 aromatic rings. The molecule has 0 saturated heterocycles. The van der Waals surface area contributed by atoms with Gasteiger partial charge in [-0.25, -0.2) is 4.39 Å². The Morgan fingerprint density at radius 1 is 1.16 bits per heavy atom. The molecule has 0 aromatic heterocycles. The lowest BCUT2D eigenvalue weighted by molar-refractivity contribution is -0.143. The zero-order valence-electron chi connectivity index (χ0n) is 17.7. The van der Waals surface area contributed by atoms with Crippen LogP contribution in [0.5, 0.6) is 5.75 Å². The maximum atomic E-state index is 13.9. The first-order valence-corrected chi connectivity index (χ1v) is 11.0. The van der Waals surface area contributed by atoms with Crippen molar-refractivity contribution in [3.8, 4) is 5.75 Å². The second-order valence-electron chi connectivity index (χ2n) is 7.05. The van der Waals surface area contributed by atoms with E-state index >= 15 is 0 Å². The molecule has 0 spiro atoms. The Morgan fingerprint density at radius 3 is 2.55 bits per heavy atom. The quantitative estimate of drug-likeness (QED) is 0.459. The highest BCUT2D eigenvalue weighted by atomic mass is 35.5. The van der Waals surface area contributed by atoms with Crippen molar-refractivity contribution in [3.63, 3.8) is 0 Å². The van der Waals surface area contributed by atoms with Gasteiger partial charge in [0.1, 0.15) is 6.04 Å². The molecule has 0 heterocycles.